The van der Waals surface area contributed by atoms with Gasteiger partial charge in [-0.05, 0) is 39.7 Å². The fourth-order valence-corrected chi connectivity index (χ4v) is 3.44. The van der Waals surface area contributed by atoms with Crippen molar-refractivity contribution in [2.45, 2.75) is 50.3 Å². The number of hydrogen-bond donors (Lipinski definition) is 1. The molecule has 1 aromatic rings. The van der Waals surface area contributed by atoms with Gasteiger partial charge in [0, 0.05) is 30.0 Å². The van der Waals surface area contributed by atoms with Gasteiger partial charge in [-0.1, -0.05) is 0 Å². The van der Waals surface area contributed by atoms with Gasteiger partial charge >= 0.3 is 6.01 Å². The number of piperidine rings is 1. The molecule has 2 atom stereocenters. The van der Waals surface area contributed by atoms with E-state index in [9.17, 15) is 5.11 Å². The van der Waals surface area contributed by atoms with E-state index in [1.165, 1.54) is 12.8 Å². The smallest absolute Gasteiger partial charge is 0.316 e. The normalized spacial score (nSPS) is 34.5. The SMILES string of the molecule is CCOc1ncc(C2(O)CC3CCC(C2)N3C)cn1. The molecule has 0 saturated carbocycles. The van der Waals surface area contributed by atoms with Crippen molar-refractivity contribution in [3.05, 3.63) is 18.0 Å². The first-order valence-electron chi connectivity index (χ1n) is 7.02. The minimum absolute atomic E-state index is 0.380. The Kier molecular flexibility index (Phi) is 3.19. The zero-order chi connectivity index (χ0) is 13.5. The topological polar surface area (TPSA) is 58.5 Å². The molecule has 2 saturated heterocycles. The summed E-state index contributed by atoms with van der Waals surface area (Å²) in [6, 6.07) is 1.34. The highest BCUT2D eigenvalue weighted by atomic mass is 16.5. The summed E-state index contributed by atoms with van der Waals surface area (Å²) in [5, 5.41) is 10.9. The highest BCUT2D eigenvalue weighted by molar-refractivity contribution is 5.20. The quantitative estimate of drug-likeness (QED) is 0.891. The molecule has 5 nitrogen and oxygen atoms in total. The number of rotatable bonds is 3. The minimum Gasteiger partial charge on any atom is -0.464 e. The number of aromatic nitrogens is 2. The van der Waals surface area contributed by atoms with Gasteiger partial charge in [0.05, 0.1) is 12.2 Å². The van der Waals surface area contributed by atoms with Crippen LogP contribution in [0.4, 0.5) is 0 Å². The van der Waals surface area contributed by atoms with E-state index in [0.717, 1.165) is 18.4 Å². The molecule has 1 aromatic heterocycles. The van der Waals surface area contributed by atoms with Crippen LogP contribution >= 0.6 is 0 Å². The Hall–Kier alpha value is -1.20. The highest BCUT2D eigenvalue weighted by Crippen LogP contribution is 2.44. The number of ether oxygens (including phenoxy) is 1. The van der Waals surface area contributed by atoms with Crippen LogP contribution in [0.5, 0.6) is 6.01 Å². The summed E-state index contributed by atoms with van der Waals surface area (Å²) >= 11 is 0. The van der Waals surface area contributed by atoms with Crippen molar-refractivity contribution in [3.8, 4) is 6.01 Å². The summed E-state index contributed by atoms with van der Waals surface area (Å²) in [4.78, 5) is 10.7. The van der Waals surface area contributed by atoms with Crippen molar-refractivity contribution in [1.82, 2.24) is 14.9 Å². The first-order chi connectivity index (χ1) is 9.12. The van der Waals surface area contributed by atoms with Gasteiger partial charge in [-0.3, -0.25) is 0 Å². The molecule has 2 fully saturated rings. The molecule has 3 rings (SSSR count). The Bertz CT molecular complexity index is 435. The molecule has 2 unspecified atom stereocenters. The van der Waals surface area contributed by atoms with Crippen molar-refractivity contribution in [2.75, 3.05) is 13.7 Å². The van der Waals surface area contributed by atoms with Crippen LogP contribution < -0.4 is 4.74 Å². The van der Waals surface area contributed by atoms with Crippen LogP contribution in [0.2, 0.25) is 0 Å². The molecule has 2 bridgehead atoms. The Morgan fingerprint density at radius 3 is 2.42 bits per heavy atom. The van der Waals surface area contributed by atoms with E-state index in [1.54, 1.807) is 12.4 Å². The molecule has 2 aliphatic rings. The highest BCUT2D eigenvalue weighted by Gasteiger charge is 2.47. The van der Waals surface area contributed by atoms with E-state index in [-0.39, 0.29) is 0 Å². The summed E-state index contributed by atoms with van der Waals surface area (Å²) in [7, 11) is 2.16. The summed E-state index contributed by atoms with van der Waals surface area (Å²) in [5.41, 5.74) is 0.0456. The van der Waals surface area contributed by atoms with E-state index in [0.29, 0.717) is 24.7 Å². The third-order valence-corrected chi connectivity index (χ3v) is 4.57. The lowest BCUT2D eigenvalue weighted by Gasteiger charge is -2.42. The van der Waals surface area contributed by atoms with Gasteiger partial charge in [0.25, 0.3) is 0 Å². The largest absolute Gasteiger partial charge is 0.464 e. The van der Waals surface area contributed by atoms with Crippen LogP contribution in [-0.2, 0) is 5.60 Å². The number of aliphatic hydroxyl groups is 1. The molecule has 5 heteroatoms. The Morgan fingerprint density at radius 2 is 1.89 bits per heavy atom. The van der Waals surface area contributed by atoms with E-state index in [1.807, 2.05) is 6.92 Å². The standard InChI is InChI=1S/C14H21N3O2/c1-3-19-13-15-8-10(9-16-13)14(18)6-11-4-5-12(7-14)17(11)2/h8-9,11-12,18H,3-7H2,1-2H3. The lowest BCUT2D eigenvalue weighted by atomic mass is 9.82. The van der Waals surface area contributed by atoms with Crippen LogP contribution in [-0.4, -0.2) is 45.7 Å². The molecule has 1 N–H and O–H groups in total. The van der Waals surface area contributed by atoms with Gasteiger partial charge in [0.15, 0.2) is 0 Å². The molecule has 19 heavy (non-hydrogen) atoms. The number of fused-ring (bicyclic) bond motifs is 2. The molecular weight excluding hydrogens is 242 g/mol. The van der Waals surface area contributed by atoms with Crippen molar-refractivity contribution in [1.29, 1.82) is 0 Å². The second-order valence-corrected chi connectivity index (χ2v) is 5.68. The first kappa shape index (κ1) is 12.8. The van der Waals surface area contributed by atoms with Gasteiger partial charge in [0.1, 0.15) is 0 Å². The van der Waals surface area contributed by atoms with E-state index >= 15 is 0 Å². The fourth-order valence-electron chi connectivity index (χ4n) is 3.44. The van der Waals surface area contributed by atoms with Crippen molar-refractivity contribution in [3.63, 3.8) is 0 Å². The lowest BCUT2D eigenvalue weighted by Crippen LogP contribution is -2.47. The van der Waals surface area contributed by atoms with Crippen LogP contribution in [0.3, 0.4) is 0 Å². The summed E-state index contributed by atoms with van der Waals surface area (Å²) in [6.07, 6.45) is 7.34. The van der Waals surface area contributed by atoms with Gasteiger partial charge in [0.2, 0.25) is 0 Å². The van der Waals surface area contributed by atoms with Gasteiger partial charge < -0.3 is 14.7 Å². The summed E-state index contributed by atoms with van der Waals surface area (Å²) in [5.74, 6) is 0. The lowest BCUT2D eigenvalue weighted by molar-refractivity contribution is -0.0498. The third kappa shape index (κ3) is 2.21. The maximum atomic E-state index is 10.9. The average molecular weight is 263 g/mol. The maximum absolute atomic E-state index is 10.9. The van der Waals surface area contributed by atoms with E-state index in [4.69, 9.17) is 4.74 Å². The number of hydrogen-bond acceptors (Lipinski definition) is 5. The Balaban J connectivity index is 1.81. The van der Waals surface area contributed by atoms with Gasteiger partial charge in [-0.25, -0.2) is 9.97 Å². The van der Waals surface area contributed by atoms with Crippen LogP contribution in [0.15, 0.2) is 12.4 Å². The van der Waals surface area contributed by atoms with Crippen LogP contribution in [0.25, 0.3) is 0 Å². The Labute approximate surface area is 113 Å². The second-order valence-electron chi connectivity index (χ2n) is 5.68. The van der Waals surface area contributed by atoms with E-state index < -0.39 is 5.60 Å². The predicted molar refractivity (Wildman–Crippen MR) is 70.9 cm³/mol. The van der Waals surface area contributed by atoms with Crippen LogP contribution in [0.1, 0.15) is 38.2 Å². The monoisotopic (exact) mass is 263 g/mol. The summed E-state index contributed by atoms with van der Waals surface area (Å²) in [6.45, 7) is 2.46. The first-order valence-corrected chi connectivity index (χ1v) is 7.02. The van der Waals surface area contributed by atoms with Gasteiger partial charge in [-0.15, -0.1) is 0 Å². The molecule has 2 aliphatic heterocycles. The van der Waals surface area contributed by atoms with Crippen molar-refractivity contribution in [2.24, 2.45) is 0 Å². The van der Waals surface area contributed by atoms with Crippen LogP contribution in [0, 0.1) is 0 Å². The van der Waals surface area contributed by atoms with Gasteiger partial charge in [-0.2, -0.15) is 0 Å². The number of nitrogens with zero attached hydrogens (tertiary/aromatic N) is 3. The molecule has 0 amide bonds. The van der Waals surface area contributed by atoms with Crippen molar-refractivity contribution >= 4 is 0 Å². The molecule has 0 aromatic carbocycles. The fraction of sp³-hybridized carbons (Fsp3) is 0.714. The third-order valence-electron chi connectivity index (χ3n) is 4.57. The molecule has 3 heterocycles. The van der Waals surface area contributed by atoms with Crippen molar-refractivity contribution < 1.29 is 9.84 Å². The molecule has 0 radical (unpaired) electrons. The zero-order valence-corrected chi connectivity index (χ0v) is 11.5. The molecule has 104 valence electrons. The molecule has 0 spiro atoms. The molecular formula is C14H21N3O2. The van der Waals surface area contributed by atoms with E-state index in [2.05, 4.69) is 21.9 Å². The second kappa shape index (κ2) is 4.72. The minimum atomic E-state index is -0.775. The average Bonchev–Trinajstić information content (AvgIpc) is 2.63. The summed E-state index contributed by atoms with van der Waals surface area (Å²) < 4.78 is 5.24. The maximum Gasteiger partial charge on any atom is 0.316 e. The Morgan fingerprint density at radius 1 is 1.32 bits per heavy atom. The molecule has 0 aliphatic carbocycles. The zero-order valence-electron chi connectivity index (χ0n) is 11.5. The predicted octanol–water partition coefficient (Wildman–Crippen LogP) is 1.32.